The van der Waals surface area contributed by atoms with Crippen molar-refractivity contribution in [2.75, 3.05) is 13.2 Å². The first-order chi connectivity index (χ1) is 4.72. The van der Waals surface area contributed by atoms with Crippen LogP contribution in [0.2, 0.25) is 0 Å². The third kappa shape index (κ3) is 1.36. The van der Waals surface area contributed by atoms with Gasteiger partial charge in [0.25, 0.3) is 0 Å². The SMILES string of the molecule is C=C(C(=O)O)C1CCOC1. The van der Waals surface area contributed by atoms with Gasteiger partial charge < -0.3 is 9.84 Å². The van der Waals surface area contributed by atoms with Gasteiger partial charge in [-0.1, -0.05) is 6.58 Å². The highest BCUT2D eigenvalue weighted by Crippen LogP contribution is 2.19. The Labute approximate surface area is 59.3 Å². The first-order valence-corrected chi connectivity index (χ1v) is 3.21. The zero-order valence-electron chi connectivity index (χ0n) is 5.67. The van der Waals surface area contributed by atoms with Crippen molar-refractivity contribution < 1.29 is 14.6 Å². The molecule has 1 unspecified atom stereocenters. The van der Waals surface area contributed by atoms with Crippen molar-refractivity contribution in [1.82, 2.24) is 0 Å². The Balaban J connectivity index is 2.48. The fraction of sp³-hybridized carbons (Fsp3) is 0.571. The molecule has 1 aliphatic heterocycles. The summed E-state index contributed by atoms with van der Waals surface area (Å²) >= 11 is 0. The van der Waals surface area contributed by atoms with Gasteiger partial charge in [0.05, 0.1) is 6.61 Å². The smallest absolute Gasteiger partial charge is 0.331 e. The van der Waals surface area contributed by atoms with Gasteiger partial charge in [-0.15, -0.1) is 0 Å². The predicted molar refractivity (Wildman–Crippen MR) is 35.7 cm³/mol. The number of rotatable bonds is 2. The molecule has 1 fully saturated rings. The number of carboxylic acids is 1. The summed E-state index contributed by atoms with van der Waals surface area (Å²) in [5.74, 6) is -0.868. The van der Waals surface area contributed by atoms with Crippen molar-refractivity contribution in [1.29, 1.82) is 0 Å². The fourth-order valence-electron chi connectivity index (χ4n) is 0.984. The molecule has 1 saturated heterocycles. The van der Waals surface area contributed by atoms with E-state index in [1.165, 1.54) is 0 Å². The summed E-state index contributed by atoms with van der Waals surface area (Å²) in [7, 11) is 0. The van der Waals surface area contributed by atoms with Gasteiger partial charge in [-0.25, -0.2) is 4.79 Å². The summed E-state index contributed by atoms with van der Waals surface area (Å²) in [6.07, 6.45) is 0.797. The highest BCUT2D eigenvalue weighted by atomic mass is 16.5. The third-order valence-electron chi connectivity index (χ3n) is 1.70. The van der Waals surface area contributed by atoms with Crippen molar-refractivity contribution in [3.8, 4) is 0 Å². The van der Waals surface area contributed by atoms with Gasteiger partial charge in [0.1, 0.15) is 0 Å². The molecule has 1 heterocycles. The summed E-state index contributed by atoms with van der Waals surface area (Å²) in [6.45, 7) is 4.64. The number of aliphatic carboxylic acids is 1. The summed E-state index contributed by atoms with van der Waals surface area (Å²) in [5.41, 5.74) is 0.275. The van der Waals surface area contributed by atoms with Crippen LogP contribution in [0.25, 0.3) is 0 Å². The molecule has 0 aliphatic carbocycles. The third-order valence-corrected chi connectivity index (χ3v) is 1.70. The van der Waals surface area contributed by atoms with E-state index >= 15 is 0 Å². The molecular weight excluding hydrogens is 132 g/mol. The largest absolute Gasteiger partial charge is 0.478 e. The molecule has 1 N–H and O–H groups in total. The minimum atomic E-state index is -0.907. The minimum Gasteiger partial charge on any atom is -0.478 e. The maximum absolute atomic E-state index is 10.3. The van der Waals surface area contributed by atoms with Crippen molar-refractivity contribution in [2.45, 2.75) is 6.42 Å². The highest BCUT2D eigenvalue weighted by Gasteiger charge is 2.22. The van der Waals surface area contributed by atoms with Crippen LogP contribution in [-0.4, -0.2) is 24.3 Å². The number of hydrogen-bond donors (Lipinski definition) is 1. The van der Waals surface area contributed by atoms with Gasteiger partial charge >= 0.3 is 5.97 Å². The van der Waals surface area contributed by atoms with Crippen LogP contribution in [-0.2, 0) is 9.53 Å². The van der Waals surface area contributed by atoms with Gasteiger partial charge in [0.2, 0.25) is 0 Å². The summed E-state index contributed by atoms with van der Waals surface area (Å²) in [5, 5.41) is 8.49. The monoisotopic (exact) mass is 142 g/mol. The molecule has 0 spiro atoms. The lowest BCUT2D eigenvalue weighted by Gasteiger charge is -2.04. The Morgan fingerprint density at radius 1 is 1.70 bits per heavy atom. The minimum absolute atomic E-state index is 0.0394. The lowest BCUT2D eigenvalue weighted by Crippen LogP contribution is -2.11. The second kappa shape index (κ2) is 2.84. The lowest BCUT2D eigenvalue weighted by atomic mass is 10.0. The van der Waals surface area contributed by atoms with E-state index in [-0.39, 0.29) is 11.5 Å². The predicted octanol–water partition coefficient (Wildman–Crippen LogP) is 0.664. The number of carboxylic acid groups (broad SMARTS) is 1. The summed E-state index contributed by atoms with van der Waals surface area (Å²) in [4.78, 5) is 10.3. The zero-order chi connectivity index (χ0) is 7.56. The molecule has 0 radical (unpaired) electrons. The van der Waals surface area contributed by atoms with Crippen molar-refractivity contribution in [3.63, 3.8) is 0 Å². The Morgan fingerprint density at radius 3 is 2.80 bits per heavy atom. The highest BCUT2D eigenvalue weighted by molar-refractivity contribution is 5.86. The maximum Gasteiger partial charge on any atom is 0.331 e. The molecule has 3 heteroatoms. The van der Waals surface area contributed by atoms with Crippen LogP contribution in [0.4, 0.5) is 0 Å². The summed E-state index contributed by atoms with van der Waals surface area (Å²) < 4.78 is 5.00. The second-order valence-electron chi connectivity index (χ2n) is 2.39. The van der Waals surface area contributed by atoms with Crippen LogP contribution in [0.5, 0.6) is 0 Å². The van der Waals surface area contributed by atoms with E-state index in [1.807, 2.05) is 0 Å². The normalized spacial score (nSPS) is 24.6. The second-order valence-corrected chi connectivity index (χ2v) is 2.39. The van der Waals surface area contributed by atoms with E-state index in [1.54, 1.807) is 0 Å². The van der Waals surface area contributed by atoms with Gasteiger partial charge in [0.15, 0.2) is 0 Å². The Hall–Kier alpha value is -0.830. The van der Waals surface area contributed by atoms with Crippen molar-refractivity contribution >= 4 is 5.97 Å². The fourth-order valence-corrected chi connectivity index (χ4v) is 0.984. The molecular formula is C7H10O3. The Kier molecular flexibility index (Phi) is 2.06. The molecule has 1 rings (SSSR count). The first kappa shape index (κ1) is 7.28. The average molecular weight is 142 g/mol. The lowest BCUT2D eigenvalue weighted by molar-refractivity contribution is -0.133. The molecule has 3 nitrogen and oxygen atoms in total. The zero-order valence-corrected chi connectivity index (χ0v) is 5.67. The van der Waals surface area contributed by atoms with E-state index in [0.29, 0.717) is 13.2 Å². The van der Waals surface area contributed by atoms with Gasteiger partial charge in [-0.3, -0.25) is 0 Å². The van der Waals surface area contributed by atoms with E-state index in [9.17, 15) is 4.79 Å². The first-order valence-electron chi connectivity index (χ1n) is 3.21. The Bertz CT molecular complexity index is 156. The van der Waals surface area contributed by atoms with Crippen LogP contribution >= 0.6 is 0 Å². The molecule has 56 valence electrons. The number of carbonyl (C=O) groups is 1. The molecule has 10 heavy (non-hydrogen) atoms. The maximum atomic E-state index is 10.3. The van der Waals surface area contributed by atoms with Crippen LogP contribution in [0.3, 0.4) is 0 Å². The van der Waals surface area contributed by atoms with E-state index in [4.69, 9.17) is 9.84 Å². The Morgan fingerprint density at radius 2 is 2.40 bits per heavy atom. The topological polar surface area (TPSA) is 46.5 Å². The number of hydrogen-bond acceptors (Lipinski definition) is 2. The van der Waals surface area contributed by atoms with Crippen molar-refractivity contribution in [3.05, 3.63) is 12.2 Å². The molecule has 0 aromatic carbocycles. The van der Waals surface area contributed by atoms with Crippen LogP contribution in [0.1, 0.15) is 6.42 Å². The van der Waals surface area contributed by atoms with E-state index < -0.39 is 5.97 Å². The molecule has 0 aromatic rings. The molecule has 0 saturated carbocycles. The van der Waals surface area contributed by atoms with Gasteiger partial charge in [-0.2, -0.15) is 0 Å². The summed E-state index contributed by atoms with van der Waals surface area (Å²) in [6, 6.07) is 0. The van der Waals surface area contributed by atoms with E-state index in [2.05, 4.69) is 6.58 Å². The van der Waals surface area contributed by atoms with E-state index in [0.717, 1.165) is 6.42 Å². The van der Waals surface area contributed by atoms with Crippen LogP contribution in [0.15, 0.2) is 12.2 Å². The van der Waals surface area contributed by atoms with Crippen LogP contribution < -0.4 is 0 Å². The van der Waals surface area contributed by atoms with Gasteiger partial charge in [0, 0.05) is 18.1 Å². The van der Waals surface area contributed by atoms with Gasteiger partial charge in [-0.05, 0) is 6.42 Å². The molecule has 0 bridgehead atoms. The molecule has 1 aliphatic rings. The quantitative estimate of drug-likeness (QED) is 0.576. The van der Waals surface area contributed by atoms with Crippen LogP contribution in [0, 0.1) is 5.92 Å². The average Bonchev–Trinajstić information content (AvgIpc) is 2.36. The molecule has 1 atom stereocenters. The van der Waals surface area contributed by atoms with Crippen molar-refractivity contribution in [2.24, 2.45) is 5.92 Å². The molecule has 0 aromatic heterocycles. The standard InChI is InChI=1S/C7H10O3/c1-5(7(8)9)6-2-3-10-4-6/h6H,1-4H2,(H,8,9). The molecule has 0 amide bonds. The number of ether oxygens (including phenoxy) is 1.